The maximum atomic E-state index is 3.50. The van der Waals surface area contributed by atoms with Crippen molar-refractivity contribution in [3.8, 4) is 0 Å². The van der Waals surface area contributed by atoms with Crippen LogP contribution in [0.5, 0.6) is 0 Å². The van der Waals surface area contributed by atoms with Crippen LogP contribution in [-0.4, -0.2) is 61.7 Å². The van der Waals surface area contributed by atoms with Gasteiger partial charge >= 0.3 is 0 Å². The third kappa shape index (κ3) is 3.94. The molecule has 0 aromatic carbocycles. The molecule has 0 spiro atoms. The molecule has 0 radical (unpaired) electrons. The zero-order valence-electron chi connectivity index (χ0n) is 12.5. The second kappa shape index (κ2) is 6.36. The number of nitrogens with zero attached hydrogens (tertiary/aromatic N) is 2. The van der Waals surface area contributed by atoms with Crippen molar-refractivity contribution in [2.24, 2.45) is 5.41 Å². The van der Waals surface area contributed by atoms with Gasteiger partial charge in [-0.25, -0.2) is 0 Å². The minimum Gasteiger partial charge on any atom is -0.316 e. The van der Waals surface area contributed by atoms with E-state index in [9.17, 15) is 0 Å². The highest BCUT2D eigenvalue weighted by molar-refractivity contribution is 4.87. The number of nitrogens with one attached hydrogen (secondary N) is 1. The predicted octanol–water partition coefficient (Wildman–Crippen LogP) is 1.79. The number of hydrogen-bond donors (Lipinski definition) is 1. The molecular formula is C15H31N3. The first kappa shape index (κ1) is 14.3. The smallest absolute Gasteiger partial charge is 0.0223 e. The van der Waals surface area contributed by atoms with Crippen LogP contribution >= 0.6 is 0 Å². The fourth-order valence-electron chi connectivity index (χ4n) is 3.55. The Morgan fingerprint density at radius 3 is 2.72 bits per heavy atom. The molecule has 0 saturated carbocycles. The minimum absolute atomic E-state index is 0.393. The predicted molar refractivity (Wildman–Crippen MR) is 78.0 cm³/mol. The van der Waals surface area contributed by atoms with E-state index in [0.29, 0.717) is 5.41 Å². The third-order valence-electron chi connectivity index (χ3n) is 4.39. The fraction of sp³-hybridized carbons (Fsp3) is 1.00. The Labute approximate surface area is 113 Å². The van der Waals surface area contributed by atoms with E-state index in [1.807, 2.05) is 0 Å². The van der Waals surface area contributed by atoms with Crippen LogP contribution in [0.15, 0.2) is 0 Å². The lowest BCUT2D eigenvalue weighted by Crippen LogP contribution is -2.44. The van der Waals surface area contributed by atoms with Gasteiger partial charge in [-0.05, 0) is 50.9 Å². The quantitative estimate of drug-likeness (QED) is 0.806. The standard InChI is InChI=1S/C15H31N3/c1-4-16-12-15(2,3)13-17-8-6-10-18-9-5-7-14(18)11-17/h14,16H,4-13H2,1-3H3. The Kier molecular flexibility index (Phi) is 5.05. The van der Waals surface area contributed by atoms with Gasteiger partial charge in [0.15, 0.2) is 0 Å². The molecule has 2 aliphatic heterocycles. The maximum Gasteiger partial charge on any atom is 0.0223 e. The topological polar surface area (TPSA) is 18.5 Å². The average Bonchev–Trinajstić information content (AvgIpc) is 2.66. The Balaban J connectivity index is 1.84. The van der Waals surface area contributed by atoms with Gasteiger partial charge < -0.3 is 10.2 Å². The number of rotatable bonds is 5. The second-order valence-electron chi connectivity index (χ2n) is 6.87. The molecule has 18 heavy (non-hydrogen) atoms. The van der Waals surface area contributed by atoms with Gasteiger partial charge in [-0.2, -0.15) is 0 Å². The summed E-state index contributed by atoms with van der Waals surface area (Å²) in [6.45, 7) is 15.7. The summed E-state index contributed by atoms with van der Waals surface area (Å²) in [5.74, 6) is 0. The van der Waals surface area contributed by atoms with Crippen LogP contribution in [0.4, 0.5) is 0 Å². The van der Waals surface area contributed by atoms with Gasteiger partial charge in [0.1, 0.15) is 0 Å². The molecule has 1 N–H and O–H groups in total. The molecule has 0 aromatic rings. The Bertz CT molecular complexity index is 252. The summed E-state index contributed by atoms with van der Waals surface area (Å²) in [6, 6.07) is 0.849. The number of fused-ring (bicyclic) bond motifs is 1. The second-order valence-corrected chi connectivity index (χ2v) is 6.87. The van der Waals surface area contributed by atoms with Crippen LogP contribution < -0.4 is 5.32 Å². The first-order valence-electron chi connectivity index (χ1n) is 7.78. The normalized spacial score (nSPS) is 27.2. The summed E-state index contributed by atoms with van der Waals surface area (Å²) in [5, 5.41) is 3.50. The van der Waals surface area contributed by atoms with E-state index in [1.54, 1.807) is 0 Å². The summed E-state index contributed by atoms with van der Waals surface area (Å²) in [5.41, 5.74) is 0.393. The molecule has 0 aliphatic carbocycles. The summed E-state index contributed by atoms with van der Waals surface area (Å²) < 4.78 is 0. The van der Waals surface area contributed by atoms with E-state index in [4.69, 9.17) is 0 Å². The fourth-order valence-corrected chi connectivity index (χ4v) is 3.55. The molecule has 2 aliphatic rings. The highest BCUT2D eigenvalue weighted by Gasteiger charge is 2.30. The van der Waals surface area contributed by atoms with E-state index in [0.717, 1.165) is 19.1 Å². The Morgan fingerprint density at radius 1 is 1.17 bits per heavy atom. The van der Waals surface area contributed by atoms with Crippen molar-refractivity contribution < 1.29 is 0 Å². The van der Waals surface area contributed by atoms with E-state index in [2.05, 4.69) is 35.9 Å². The molecule has 2 rings (SSSR count). The minimum atomic E-state index is 0.393. The molecule has 0 amide bonds. The highest BCUT2D eigenvalue weighted by atomic mass is 15.3. The Morgan fingerprint density at radius 2 is 1.94 bits per heavy atom. The first-order valence-corrected chi connectivity index (χ1v) is 7.78. The van der Waals surface area contributed by atoms with Crippen LogP contribution in [0.3, 0.4) is 0 Å². The monoisotopic (exact) mass is 253 g/mol. The zero-order chi connectivity index (χ0) is 13.0. The molecule has 2 saturated heterocycles. The molecule has 1 unspecified atom stereocenters. The van der Waals surface area contributed by atoms with E-state index < -0.39 is 0 Å². The molecule has 2 heterocycles. The lowest BCUT2D eigenvalue weighted by Gasteiger charge is -2.33. The zero-order valence-corrected chi connectivity index (χ0v) is 12.5. The average molecular weight is 253 g/mol. The van der Waals surface area contributed by atoms with Crippen molar-refractivity contribution in [3.63, 3.8) is 0 Å². The molecule has 106 valence electrons. The van der Waals surface area contributed by atoms with Crippen molar-refractivity contribution in [2.45, 2.75) is 46.1 Å². The summed E-state index contributed by atoms with van der Waals surface area (Å²) in [4.78, 5) is 5.44. The SMILES string of the molecule is CCNCC(C)(C)CN1CCCN2CCCC2C1. The third-order valence-corrected chi connectivity index (χ3v) is 4.39. The van der Waals surface area contributed by atoms with E-state index in [1.165, 1.54) is 52.0 Å². The molecular weight excluding hydrogens is 222 g/mol. The molecule has 1 atom stereocenters. The molecule has 2 fully saturated rings. The first-order chi connectivity index (χ1) is 8.61. The number of hydrogen-bond acceptors (Lipinski definition) is 3. The lowest BCUT2D eigenvalue weighted by molar-refractivity contribution is 0.159. The van der Waals surface area contributed by atoms with Crippen molar-refractivity contribution in [1.29, 1.82) is 0 Å². The van der Waals surface area contributed by atoms with Gasteiger partial charge in [0.05, 0.1) is 0 Å². The van der Waals surface area contributed by atoms with Crippen molar-refractivity contribution in [3.05, 3.63) is 0 Å². The largest absolute Gasteiger partial charge is 0.316 e. The molecule has 0 bridgehead atoms. The van der Waals surface area contributed by atoms with Gasteiger partial charge in [-0.1, -0.05) is 20.8 Å². The van der Waals surface area contributed by atoms with Gasteiger partial charge in [0, 0.05) is 25.7 Å². The maximum absolute atomic E-state index is 3.50. The van der Waals surface area contributed by atoms with Gasteiger partial charge in [-0.15, -0.1) is 0 Å². The van der Waals surface area contributed by atoms with Crippen LogP contribution in [0.1, 0.15) is 40.0 Å². The van der Waals surface area contributed by atoms with Gasteiger partial charge in [0.25, 0.3) is 0 Å². The molecule has 0 aromatic heterocycles. The molecule has 3 nitrogen and oxygen atoms in total. The van der Waals surface area contributed by atoms with Crippen LogP contribution in [0.2, 0.25) is 0 Å². The van der Waals surface area contributed by atoms with Gasteiger partial charge in [-0.3, -0.25) is 4.90 Å². The van der Waals surface area contributed by atoms with Crippen molar-refractivity contribution in [2.75, 3.05) is 45.8 Å². The summed E-state index contributed by atoms with van der Waals surface area (Å²) >= 11 is 0. The van der Waals surface area contributed by atoms with Gasteiger partial charge in [0.2, 0.25) is 0 Å². The highest BCUT2D eigenvalue weighted by Crippen LogP contribution is 2.24. The molecule has 3 heteroatoms. The van der Waals surface area contributed by atoms with Crippen LogP contribution in [-0.2, 0) is 0 Å². The van der Waals surface area contributed by atoms with E-state index in [-0.39, 0.29) is 0 Å². The summed E-state index contributed by atoms with van der Waals surface area (Å²) in [6.07, 6.45) is 4.19. The lowest BCUT2D eigenvalue weighted by atomic mass is 9.92. The van der Waals surface area contributed by atoms with Crippen molar-refractivity contribution >= 4 is 0 Å². The summed E-state index contributed by atoms with van der Waals surface area (Å²) in [7, 11) is 0. The Hall–Kier alpha value is -0.120. The van der Waals surface area contributed by atoms with Crippen LogP contribution in [0, 0.1) is 5.41 Å². The van der Waals surface area contributed by atoms with E-state index >= 15 is 0 Å². The van der Waals surface area contributed by atoms with Crippen molar-refractivity contribution in [1.82, 2.24) is 15.1 Å². The van der Waals surface area contributed by atoms with Crippen LogP contribution in [0.25, 0.3) is 0 Å².